The third kappa shape index (κ3) is 4.65. The number of aromatic nitrogens is 3. The molecular formula is C51H33N3. The van der Waals surface area contributed by atoms with Gasteiger partial charge in [0.2, 0.25) is 0 Å². The normalized spacial score (nSPS) is 11.7. The van der Waals surface area contributed by atoms with Crippen LogP contribution in [-0.2, 0) is 0 Å². The third-order valence-electron chi connectivity index (χ3n) is 10.9. The second-order valence-electron chi connectivity index (χ2n) is 13.9. The molecule has 3 heterocycles. The molecule has 11 aromatic rings. The Balaban J connectivity index is 1.22. The number of rotatable bonds is 5. The molecule has 0 bridgehead atoms. The first kappa shape index (κ1) is 30.4. The van der Waals surface area contributed by atoms with E-state index in [2.05, 4.69) is 209 Å². The lowest BCUT2D eigenvalue weighted by Gasteiger charge is -2.16. The Labute approximate surface area is 312 Å². The van der Waals surface area contributed by atoms with Crippen molar-refractivity contribution in [1.82, 2.24) is 14.1 Å². The first-order valence-electron chi connectivity index (χ1n) is 18.5. The summed E-state index contributed by atoms with van der Waals surface area (Å²) >= 11 is 0. The minimum Gasteiger partial charge on any atom is -0.309 e. The molecule has 3 heteroatoms. The van der Waals surface area contributed by atoms with Crippen molar-refractivity contribution in [2.45, 2.75) is 0 Å². The number of fused-ring (bicyclic) bond motifs is 8. The van der Waals surface area contributed by atoms with E-state index in [0.717, 1.165) is 50.5 Å². The summed E-state index contributed by atoms with van der Waals surface area (Å²) in [5, 5.41) is 7.40. The molecule has 3 nitrogen and oxygen atoms in total. The summed E-state index contributed by atoms with van der Waals surface area (Å²) in [6, 6.07) is 71.9. The van der Waals surface area contributed by atoms with Crippen LogP contribution in [0, 0.1) is 0 Å². The van der Waals surface area contributed by atoms with Crippen LogP contribution in [0.3, 0.4) is 0 Å². The van der Waals surface area contributed by atoms with E-state index >= 15 is 0 Å². The van der Waals surface area contributed by atoms with Crippen molar-refractivity contribution in [3.63, 3.8) is 0 Å². The van der Waals surface area contributed by atoms with E-state index in [1.54, 1.807) is 0 Å². The van der Waals surface area contributed by atoms with E-state index in [1.165, 1.54) is 48.9 Å². The van der Waals surface area contributed by atoms with Crippen LogP contribution in [0.25, 0.3) is 99.4 Å². The molecule has 54 heavy (non-hydrogen) atoms. The average Bonchev–Trinajstić information content (AvgIpc) is 3.77. The van der Waals surface area contributed by atoms with Crippen LogP contribution in [0.1, 0.15) is 0 Å². The summed E-state index contributed by atoms with van der Waals surface area (Å²) in [6.07, 6.45) is 0. The van der Waals surface area contributed by atoms with Crippen molar-refractivity contribution in [3.05, 3.63) is 200 Å². The summed E-state index contributed by atoms with van der Waals surface area (Å²) < 4.78 is 4.89. The zero-order chi connectivity index (χ0) is 35.6. The fraction of sp³-hybridized carbons (Fsp3) is 0. The van der Waals surface area contributed by atoms with E-state index in [4.69, 9.17) is 4.98 Å². The van der Waals surface area contributed by atoms with Gasteiger partial charge in [-0.05, 0) is 70.4 Å². The van der Waals surface area contributed by atoms with Crippen molar-refractivity contribution in [3.8, 4) is 45.0 Å². The van der Waals surface area contributed by atoms with Crippen LogP contribution >= 0.6 is 0 Å². The lowest BCUT2D eigenvalue weighted by atomic mass is 9.95. The van der Waals surface area contributed by atoms with E-state index in [-0.39, 0.29) is 0 Å². The molecule has 252 valence electrons. The minimum absolute atomic E-state index is 0.931. The predicted molar refractivity (Wildman–Crippen MR) is 227 cm³/mol. The maximum atomic E-state index is 5.43. The molecule has 3 aromatic heterocycles. The maximum Gasteiger partial charge on any atom is 0.0736 e. The summed E-state index contributed by atoms with van der Waals surface area (Å²) in [4.78, 5) is 5.43. The fourth-order valence-electron chi connectivity index (χ4n) is 8.56. The maximum absolute atomic E-state index is 5.43. The van der Waals surface area contributed by atoms with Gasteiger partial charge >= 0.3 is 0 Å². The first-order chi connectivity index (χ1) is 26.8. The number of hydrogen-bond donors (Lipinski definition) is 0. The fourth-order valence-corrected chi connectivity index (χ4v) is 8.56. The number of nitrogens with zero attached hydrogens (tertiary/aromatic N) is 3. The van der Waals surface area contributed by atoms with Gasteiger partial charge in [-0.25, -0.2) is 4.98 Å². The lowest BCUT2D eigenvalue weighted by molar-refractivity contribution is 1.17. The number of pyridine rings is 1. The van der Waals surface area contributed by atoms with Gasteiger partial charge in [0.05, 0.1) is 39.1 Å². The van der Waals surface area contributed by atoms with Gasteiger partial charge in [0.25, 0.3) is 0 Å². The van der Waals surface area contributed by atoms with Crippen LogP contribution in [0.2, 0.25) is 0 Å². The Kier molecular flexibility index (Phi) is 6.86. The largest absolute Gasteiger partial charge is 0.309 e. The lowest BCUT2D eigenvalue weighted by Crippen LogP contribution is -1.99. The monoisotopic (exact) mass is 687 g/mol. The molecule has 0 aliphatic rings. The highest BCUT2D eigenvalue weighted by atomic mass is 15.0. The smallest absolute Gasteiger partial charge is 0.0736 e. The number of para-hydroxylation sites is 4. The third-order valence-corrected chi connectivity index (χ3v) is 10.9. The van der Waals surface area contributed by atoms with Crippen LogP contribution in [0.4, 0.5) is 0 Å². The molecule has 0 aliphatic carbocycles. The Morgan fingerprint density at radius 3 is 1.80 bits per heavy atom. The average molecular weight is 688 g/mol. The van der Waals surface area contributed by atoms with Gasteiger partial charge in [0.1, 0.15) is 0 Å². The van der Waals surface area contributed by atoms with Crippen LogP contribution in [0.15, 0.2) is 200 Å². The minimum atomic E-state index is 0.931. The van der Waals surface area contributed by atoms with Gasteiger partial charge in [0, 0.05) is 38.4 Å². The van der Waals surface area contributed by atoms with Gasteiger partial charge < -0.3 is 9.13 Å². The predicted octanol–water partition coefficient (Wildman–Crippen LogP) is 13.4. The summed E-state index contributed by atoms with van der Waals surface area (Å²) in [5.74, 6) is 0. The number of benzene rings is 8. The Morgan fingerprint density at radius 1 is 0.352 bits per heavy atom. The van der Waals surface area contributed by atoms with E-state index in [9.17, 15) is 0 Å². The van der Waals surface area contributed by atoms with Crippen molar-refractivity contribution in [1.29, 1.82) is 0 Å². The van der Waals surface area contributed by atoms with Gasteiger partial charge in [0.15, 0.2) is 0 Å². The molecule has 0 radical (unpaired) electrons. The topological polar surface area (TPSA) is 22.8 Å². The molecule has 0 spiro atoms. The zero-order valence-electron chi connectivity index (χ0n) is 29.4. The van der Waals surface area contributed by atoms with Crippen LogP contribution in [0.5, 0.6) is 0 Å². The van der Waals surface area contributed by atoms with Crippen molar-refractivity contribution in [2.75, 3.05) is 0 Å². The van der Waals surface area contributed by atoms with E-state index in [0.29, 0.717) is 0 Å². The van der Waals surface area contributed by atoms with Crippen LogP contribution < -0.4 is 0 Å². The Morgan fingerprint density at radius 2 is 0.963 bits per heavy atom. The van der Waals surface area contributed by atoms with Crippen LogP contribution in [-0.4, -0.2) is 14.1 Å². The Bertz CT molecular complexity index is 3200. The molecule has 0 atom stereocenters. The van der Waals surface area contributed by atoms with Gasteiger partial charge in [-0.15, -0.1) is 0 Å². The summed E-state index contributed by atoms with van der Waals surface area (Å²) in [5.41, 5.74) is 13.3. The molecule has 11 rings (SSSR count). The van der Waals surface area contributed by atoms with Gasteiger partial charge in [-0.1, -0.05) is 152 Å². The highest BCUT2D eigenvalue weighted by molar-refractivity contribution is 6.26. The molecule has 0 aliphatic heterocycles. The molecular weight excluding hydrogens is 655 g/mol. The molecule has 0 saturated carbocycles. The zero-order valence-corrected chi connectivity index (χ0v) is 29.4. The highest BCUT2D eigenvalue weighted by Crippen LogP contribution is 2.43. The van der Waals surface area contributed by atoms with E-state index < -0.39 is 0 Å². The molecule has 0 fully saturated rings. The van der Waals surface area contributed by atoms with E-state index in [1.807, 2.05) is 0 Å². The standard InChI is InChI=1S/C51H33N3/c1-3-17-35(18-4-1)44-32-36(39-26-15-19-34-16-7-8-22-38(34)39)33-45(52-44)42-24-10-13-28-47(42)54-48-29-14-11-25-43(48)50-49(54)31-30-41-40-23-9-12-27-46(40)53(51(41)50)37-20-5-2-6-21-37/h1-33H. The number of hydrogen-bond acceptors (Lipinski definition) is 1. The quantitative estimate of drug-likeness (QED) is 0.177. The van der Waals surface area contributed by atoms with Crippen molar-refractivity contribution in [2.24, 2.45) is 0 Å². The summed E-state index contributed by atoms with van der Waals surface area (Å²) in [7, 11) is 0. The highest BCUT2D eigenvalue weighted by Gasteiger charge is 2.22. The SMILES string of the molecule is c1ccc(-c2cc(-c3cccc4ccccc34)cc(-c3ccccc3-n3c4ccccc4c4c3ccc3c5ccccc5n(-c5ccccc5)c34)n2)cc1. The van der Waals surface area contributed by atoms with Gasteiger partial charge in [-0.3, -0.25) is 0 Å². The molecule has 0 unspecified atom stereocenters. The van der Waals surface area contributed by atoms with Crippen molar-refractivity contribution < 1.29 is 0 Å². The summed E-state index contributed by atoms with van der Waals surface area (Å²) in [6.45, 7) is 0. The van der Waals surface area contributed by atoms with Crippen molar-refractivity contribution >= 4 is 54.4 Å². The second-order valence-corrected chi connectivity index (χ2v) is 13.9. The molecule has 8 aromatic carbocycles. The molecule has 0 amide bonds. The first-order valence-corrected chi connectivity index (χ1v) is 18.5. The Hall–Kier alpha value is -7.23. The molecule has 0 N–H and O–H groups in total. The second kappa shape index (κ2) is 12.2. The molecule has 0 saturated heterocycles. The van der Waals surface area contributed by atoms with Gasteiger partial charge in [-0.2, -0.15) is 0 Å².